The van der Waals surface area contributed by atoms with Crippen LogP contribution >= 0.6 is 0 Å². The molecular formula is C29H30N12O4. The van der Waals surface area contributed by atoms with E-state index in [0.29, 0.717) is 52.8 Å². The van der Waals surface area contributed by atoms with E-state index in [0.717, 1.165) is 11.1 Å². The van der Waals surface area contributed by atoms with Gasteiger partial charge in [-0.05, 0) is 67.6 Å². The number of nitrogens with zero attached hydrogens (tertiary/aromatic N) is 7. The number of amides is 2. The summed E-state index contributed by atoms with van der Waals surface area (Å²) in [6, 6.07) is 11.0. The lowest BCUT2D eigenvalue weighted by Gasteiger charge is -2.15. The van der Waals surface area contributed by atoms with Gasteiger partial charge in [-0.3, -0.25) is 9.59 Å². The normalized spacial score (nSPS) is 11.7. The van der Waals surface area contributed by atoms with Gasteiger partial charge in [-0.25, -0.2) is 14.8 Å². The summed E-state index contributed by atoms with van der Waals surface area (Å²) in [7, 11) is 0. The zero-order valence-corrected chi connectivity index (χ0v) is 24.2. The third-order valence-electron chi connectivity index (χ3n) is 6.95. The van der Waals surface area contributed by atoms with E-state index in [1.165, 1.54) is 0 Å². The molecule has 3 aromatic heterocycles. The number of aliphatic carboxylic acids is 1. The largest absolute Gasteiger partial charge is 0.480 e. The lowest BCUT2D eigenvalue weighted by Crippen LogP contribution is -2.41. The first-order valence-electron chi connectivity index (χ1n) is 14.0. The molecular weight excluding hydrogens is 580 g/mol. The molecule has 0 saturated heterocycles. The van der Waals surface area contributed by atoms with Crippen LogP contribution in [0.3, 0.4) is 0 Å². The van der Waals surface area contributed by atoms with Crippen LogP contribution in [0, 0.1) is 6.92 Å². The zero-order valence-electron chi connectivity index (χ0n) is 24.2. The van der Waals surface area contributed by atoms with Crippen LogP contribution in [0.15, 0.2) is 48.7 Å². The van der Waals surface area contributed by atoms with Crippen molar-refractivity contribution in [3.8, 4) is 11.4 Å². The summed E-state index contributed by atoms with van der Waals surface area (Å²) < 4.78 is 0. The highest BCUT2D eigenvalue weighted by atomic mass is 16.4. The standard InChI is InChI=1S/C29H30N12O4/c1-15-4-11-19(20(13-15)24-38-40-41-39-24)27(43)32-12-2-3-21(28(44)45)35-26(42)17-8-5-16(6-9-17)7-10-18-14-33-25-22(34-18)23(30)36-29(31)37-25/h4-6,8-9,11,13-14,21H,2-3,7,10,12H2,1H3,(H,32,43)(H,35,42)(H,44,45)(H,38,39,40,41)(H4,30,31,33,36,37)/t21-/m0/s1. The number of tetrazole rings is 1. The van der Waals surface area contributed by atoms with Gasteiger partial charge in [0.15, 0.2) is 17.0 Å². The second-order valence-electron chi connectivity index (χ2n) is 10.2. The molecule has 2 aromatic carbocycles. The van der Waals surface area contributed by atoms with E-state index in [4.69, 9.17) is 11.5 Å². The smallest absolute Gasteiger partial charge is 0.326 e. The number of carboxylic acids is 1. The summed E-state index contributed by atoms with van der Waals surface area (Å²) in [6.07, 6.45) is 3.19. The number of carboxylic acid groups (broad SMARTS) is 1. The first-order chi connectivity index (χ1) is 21.7. The Morgan fingerprint density at radius 3 is 2.53 bits per heavy atom. The molecule has 2 amide bonds. The van der Waals surface area contributed by atoms with Crippen molar-refractivity contribution in [2.24, 2.45) is 0 Å². The van der Waals surface area contributed by atoms with Gasteiger partial charge < -0.3 is 27.2 Å². The number of aromatic nitrogens is 8. The number of rotatable bonds is 12. The maximum absolute atomic E-state index is 12.8. The highest BCUT2D eigenvalue weighted by Crippen LogP contribution is 2.21. The van der Waals surface area contributed by atoms with Crippen LogP contribution in [0.4, 0.5) is 11.8 Å². The van der Waals surface area contributed by atoms with Crippen molar-refractivity contribution in [1.29, 1.82) is 0 Å². The van der Waals surface area contributed by atoms with Gasteiger partial charge in [0.2, 0.25) is 11.8 Å². The van der Waals surface area contributed by atoms with Crippen molar-refractivity contribution in [3.63, 3.8) is 0 Å². The average Bonchev–Trinajstić information content (AvgIpc) is 3.56. The second-order valence-corrected chi connectivity index (χ2v) is 10.2. The Morgan fingerprint density at radius 2 is 1.80 bits per heavy atom. The molecule has 5 aromatic rings. The Balaban J connectivity index is 1.11. The topological polar surface area (TPSA) is 254 Å². The zero-order chi connectivity index (χ0) is 31.9. The van der Waals surface area contributed by atoms with Gasteiger partial charge in [-0.15, -0.1) is 10.2 Å². The van der Waals surface area contributed by atoms with Crippen LogP contribution in [0.2, 0.25) is 0 Å². The van der Waals surface area contributed by atoms with Gasteiger partial charge in [0.1, 0.15) is 6.04 Å². The summed E-state index contributed by atoms with van der Waals surface area (Å²) >= 11 is 0. The van der Waals surface area contributed by atoms with E-state index in [2.05, 4.69) is 51.2 Å². The molecule has 16 nitrogen and oxygen atoms in total. The predicted molar refractivity (Wildman–Crippen MR) is 163 cm³/mol. The number of nitrogen functional groups attached to an aromatic ring is 2. The van der Waals surface area contributed by atoms with Crippen molar-refractivity contribution in [3.05, 3.63) is 76.6 Å². The molecule has 230 valence electrons. The molecule has 0 unspecified atom stereocenters. The van der Waals surface area contributed by atoms with Gasteiger partial charge in [0, 0.05) is 17.7 Å². The molecule has 45 heavy (non-hydrogen) atoms. The van der Waals surface area contributed by atoms with Gasteiger partial charge in [0.05, 0.1) is 17.5 Å². The Hall–Kier alpha value is -6.06. The van der Waals surface area contributed by atoms with Gasteiger partial charge >= 0.3 is 5.97 Å². The average molecular weight is 611 g/mol. The summed E-state index contributed by atoms with van der Waals surface area (Å²) in [5.74, 6) is -1.57. The minimum Gasteiger partial charge on any atom is -0.480 e. The fourth-order valence-corrected chi connectivity index (χ4v) is 4.62. The van der Waals surface area contributed by atoms with Crippen molar-refractivity contribution < 1.29 is 19.5 Å². The molecule has 0 aliphatic carbocycles. The molecule has 16 heteroatoms. The van der Waals surface area contributed by atoms with E-state index >= 15 is 0 Å². The Labute approximate surface area is 256 Å². The van der Waals surface area contributed by atoms with Crippen LogP contribution in [0.25, 0.3) is 22.6 Å². The molecule has 5 rings (SSSR count). The monoisotopic (exact) mass is 610 g/mol. The van der Waals surface area contributed by atoms with Crippen LogP contribution < -0.4 is 22.1 Å². The third kappa shape index (κ3) is 7.48. The number of aromatic amines is 1. The highest BCUT2D eigenvalue weighted by molar-refractivity contribution is 6.00. The predicted octanol–water partition coefficient (Wildman–Crippen LogP) is 1.25. The highest BCUT2D eigenvalue weighted by Gasteiger charge is 2.21. The maximum Gasteiger partial charge on any atom is 0.326 e. The molecule has 0 aliphatic rings. The molecule has 0 radical (unpaired) electrons. The minimum atomic E-state index is -1.17. The van der Waals surface area contributed by atoms with Crippen molar-refractivity contribution in [2.75, 3.05) is 18.0 Å². The Morgan fingerprint density at radius 1 is 1.00 bits per heavy atom. The van der Waals surface area contributed by atoms with Crippen LogP contribution in [-0.2, 0) is 17.6 Å². The van der Waals surface area contributed by atoms with E-state index in [1.807, 2.05) is 6.92 Å². The Bertz CT molecular complexity index is 1840. The lowest BCUT2D eigenvalue weighted by molar-refractivity contribution is -0.139. The lowest BCUT2D eigenvalue weighted by atomic mass is 10.0. The number of fused-ring (bicyclic) bond motifs is 1. The fraction of sp³-hybridized carbons (Fsp3) is 0.241. The number of nitrogens with one attached hydrogen (secondary N) is 3. The van der Waals surface area contributed by atoms with Gasteiger partial charge in [-0.1, -0.05) is 23.8 Å². The molecule has 0 aliphatic heterocycles. The summed E-state index contributed by atoms with van der Waals surface area (Å²) in [5.41, 5.74) is 16.0. The number of H-pyrrole nitrogens is 1. The minimum absolute atomic E-state index is 0.0280. The molecule has 8 N–H and O–H groups in total. The molecule has 0 bridgehead atoms. The van der Waals surface area contributed by atoms with Crippen molar-refractivity contribution >= 4 is 40.7 Å². The molecule has 0 saturated carbocycles. The van der Waals surface area contributed by atoms with Crippen molar-refractivity contribution in [1.82, 2.24) is 51.2 Å². The number of benzene rings is 2. The first-order valence-corrected chi connectivity index (χ1v) is 14.0. The molecule has 0 spiro atoms. The number of hydrogen-bond donors (Lipinski definition) is 6. The Kier molecular flexibility index (Phi) is 9.12. The summed E-state index contributed by atoms with van der Waals surface area (Å²) in [5, 5.41) is 28.9. The van der Waals surface area contributed by atoms with E-state index in [-0.39, 0.29) is 36.5 Å². The SMILES string of the molecule is Cc1ccc(C(=O)NCCC[C@H](NC(=O)c2ccc(CCc3cnc4nc(N)nc(N)c4n3)cc2)C(=O)O)c(-c2nn[nH]n2)c1. The fourth-order valence-electron chi connectivity index (χ4n) is 4.62. The number of carbonyl (C=O) groups excluding carboxylic acids is 2. The van der Waals surface area contributed by atoms with Crippen LogP contribution in [0.1, 0.15) is 50.4 Å². The summed E-state index contributed by atoms with van der Waals surface area (Å²) in [4.78, 5) is 54.2. The molecule has 1 atom stereocenters. The number of anilines is 2. The van der Waals surface area contributed by atoms with Gasteiger partial charge in [0.25, 0.3) is 11.8 Å². The van der Waals surface area contributed by atoms with E-state index in [1.54, 1.807) is 48.7 Å². The first kappa shape index (κ1) is 30.4. The number of carbonyl (C=O) groups is 3. The summed E-state index contributed by atoms with van der Waals surface area (Å²) in [6.45, 7) is 2.08. The molecule has 0 fully saturated rings. The number of nitrogens with two attached hydrogens (primary N) is 2. The number of hydrogen-bond acceptors (Lipinski definition) is 12. The van der Waals surface area contributed by atoms with Crippen molar-refractivity contribution in [2.45, 2.75) is 38.6 Å². The van der Waals surface area contributed by atoms with E-state index in [9.17, 15) is 19.5 Å². The van der Waals surface area contributed by atoms with E-state index < -0.39 is 17.9 Å². The van der Waals surface area contributed by atoms with Gasteiger partial charge in [-0.2, -0.15) is 15.2 Å². The van der Waals surface area contributed by atoms with Crippen LogP contribution in [-0.4, -0.2) is 76.0 Å². The van der Waals surface area contributed by atoms with Crippen LogP contribution in [0.5, 0.6) is 0 Å². The quantitative estimate of drug-likeness (QED) is 0.109. The molecule has 3 heterocycles. The number of aryl methyl sites for hydroxylation is 3. The second kappa shape index (κ2) is 13.5. The third-order valence-corrected chi connectivity index (χ3v) is 6.95. The maximum atomic E-state index is 12.8.